The molecular weight excluding hydrogens is 238 g/mol. The molecule has 0 bridgehead atoms. The highest BCUT2D eigenvalue weighted by Crippen LogP contribution is 2.26. The second kappa shape index (κ2) is 5.36. The van der Waals surface area contributed by atoms with Gasteiger partial charge in [0.15, 0.2) is 0 Å². The van der Waals surface area contributed by atoms with E-state index in [9.17, 15) is 4.39 Å². The van der Waals surface area contributed by atoms with Crippen LogP contribution in [0.5, 0.6) is 0 Å². The smallest absolute Gasteiger partial charge is 0.423 e. The van der Waals surface area contributed by atoms with Gasteiger partial charge in [-0.2, -0.15) is 0 Å². The Morgan fingerprint density at radius 1 is 0.941 bits per heavy atom. The van der Waals surface area contributed by atoms with Crippen LogP contribution in [0, 0.1) is 5.82 Å². The molecule has 0 saturated heterocycles. The third-order valence-electron chi connectivity index (χ3n) is 2.22. The standard InChI is InChI=1S/C12H10BFO2S/c14-12-7-6-10(8-11(12)13(15)16)17-9-4-2-1-3-5-9/h1-8,15-16H. The number of benzene rings is 2. The minimum atomic E-state index is -1.79. The van der Waals surface area contributed by atoms with Gasteiger partial charge in [-0.05, 0) is 30.3 Å². The summed E-state index contributed by atoms with van der Waals surface area (Å²) in [5.41, 5.74) is -0.106. The molecule has 0 aliphatic heterocycles. The van der Waals surface area contributed by atoms with E-state index in [0.29, 0.717) is 0 Å². The van der Waals surface area contributed by atoms with Crippen LogP contribution >= 0.6 is 11.8 Å². The molecule has 17 heavy (non-hydrogen) atoms. The zero-order chi connectivity index (χ0) is 12.3. The van der Waals surface area contributed by atoms with E-state index >= 15 is 0 Å². The summed E-state index contributed by atoms with van der Waals surface area (Å²) in [4.78, 5) is 1.78. The first-order chi connectivity index (χ1) is 8.16. The fourth-order valence-corrected chi connectivity index (χ4v) is 2.30. The fourth-order valence-electron chi connectivity index (χ4n) is 1.41. The van der Waals surface area contributed by atoms with Crippen LogP contribution < -0.4 is 5.46 Å². The molecular formula is C12H10BFO2S. The molecule has 0 atom stereocenters. The summed E-state index contributed by atoms with van der Waals surface area (Å²) in [5, 5.41) is 18.0. The van der Waals surface area contributed by atoms with Crippen molar-refractivity contribution in [2.75, 3.05) is 0 Å². The Morgan fingerprint density at radius 2 is 1.65 bits per heavy atom. The van der Waals surface area contributed by atoms with Crippen LogP contribution in [0.25, 0.3) is 0 Å². The lowest BCUT2D eigenvalue weighted by molar-refractivity contribution is 0.423. The van der Waals surface area contributed by atoms with Crippen LogP contribution in [0.15, 0.2) is 58.3 Å². The van der Waals surface area contributed by atoms with Gasteiger partial charge in [-0.15, -0.1) is 0 Å². The van der Waals surface area contributed by atoms with E-state index < -0.39 is 12.9 Å². The molecule has 0 unspecified atom stereocenters. The SMILES string of the molecule is OB(O)c1cc(Sc2ccccc2)ccc1F. The van der Waals surface area contributed by atoms with Gasteiger partial charge in [0.2, 0.25) is 0 Å². The van der Waals surface area contributed by atoms with E-state index in [2.05, 4.69) is 0 Å². The predicted octanol–water partition coefficient (Wildman–Crippen LogP) is 1.66. The molecule has 0 fully saturated rings. The zero-order valence-electron chi connectivity index (χ0n) is 8.88. The summed E-state index contributed by atoms with van der Waals surface area (Å²) in [6, 6.07) is 13.9. The maximum atomic E-state index is 13.2. The lowest BCUT2D eigenvalue weighted by atomic mass is 9.80. The molecule has 0 saturated carbocycles. The van der Waals surface area contributed by atoms with Gasteiger partial charge in [0.25, 0.3) is 0 Å². The third kappa shape index (κ3) is 3.09. The molecule has 0 heterocycles. The highest BCUT2D eigenvalue weighted by molar-refractivity contribution is 7.99. The summed E-state index contributed by atoms with van der Waals surface area (Å²) in [6.45, 7) is 0. The molecule has 0 aliphatic carbocycles. The third-order valence-corrected chi connectivity index (χ3v) is 3.22. The Kier molecular flexibility index (Phi) is 3.84. The van der Waals surface area contributed by atoms with E-state index in [0.717, 1.165) is 9.79 Å². The first kappa shape index (κ1) is 12.2. The van der Waals surface area contributed by atoms with Crippen molar-refractivity contribution in [3.05, 3.63) is 54.3 Å². The van der Waals surface area contributed by atoms with Gasteiger partial charge < -0.3 is 10.0 Å². The Bertz CT molecular complexity index is 505. The highest BCUT2D eigenvalue weighted by atomic mass is 32.2. The Morgan fingerprint density at radius 3 is 2.29 bits per heavy atom. The molecule has 0 spiro atoms. The van der Waals surface area contributed by atoms with Crippen LogP contribution in [0.4, 0.5) is 4.39 Å². The van der Waals surface area contributed by atoms with E-state index in [-0.39, 0.29) is 5.46 Å². The second-order valence-electron chi connectivity index (χ2n) is 3.47. The number of hydrogen-bond acceptors (Lipinski definition) is 3. The van der Waals surface area contributed by atoms with Crippen molar-refractivity contribution in [2.24, 2.45) is 0 Å². The fraction of sp³-hybridized carbons (Fsp3) is 0. The van der Waals surface area contributed by atoms with Crippen LogP contribution in [0.2, 0.25) is 0 Å². The molecule has 0 aromatic heterocycles. The monoisotopic (exact) mass is 248 g/mol. The lowest BCUT2D eigenvalue weighted by Crippen LogP contribution is -2.32. The minimum absolute atomic E-state index is 0.106. The average molecular weight is 248 g/mol. The molecule has 86 valence electrons. The number of rotatable bonds is 3. The van der Waals surface area contributed by atoms with Gasteiger partial charge in [-0.3, -0.25) is 0 Å². The molecule has 5 heteroatoms. The predicted molar refractivity (Wildman–Crippen MR) is 66.8 cm³/mol. The Hall–Kier alpha value is -1.30. The average Bonchev–Trinajstić information content (AvgIpc) is 2.32. The van der Waals surface area contributed by atoms with Gasteiger partial charge in [-0.1, -0.05) is 30.0 Å². The van der Waals surface area contributed by atoms with E-state index in [1.807, 2.05) is 30.3 Å². The zero-order valence-corrected chi connectivity index (χ0v) is 9.69. The van der Waals surface area contributed by atoms with Crippen LogP contribution in [-0.2, 0) is 0 Å². The normalized spacial score (nSPS) is 10.3. The summed E-state index contributed by atoms with van der Waals surface area (Å²) in [7, 11) is -1.79. The molecule has 0 aliphatic rings. The van der Waals surface area contributed by atoms with Crippen molar-refractivity contribution in [1.29, 1.82) is 0 Å². The van der Waals surface area contributed by atoms with Crippen molar-refractivity contribution in [1.82, 2.24) is 0 Å². The van der Waals surface area contributed by atoms with E-state index in [1.54, 1.807) is 6.07 Å². The van der Waals surface area contributed by atoms with Gasteiger partial charge in [-0.25, -0.2) is 4.39 Å². The second-order valence-corrected chi connectivity index (χ2v) is 4.62. The van der Waals surface area contributed by atoms with Gasteiger partial charge in [0, 0.05) is 15.3 Å². The Balaban J connectivity index is 2.26. The quantitative estimate of drug-likeness (QED) is 0.811. The summed E-state index contributed by atoms with van der Waals surface area (Å²) in [5.74, 6) is -0.614. The maximum Gasteiger partial charge on any atom is 0.491 e. The van der Waals surface area contributed by atoms with E-state index in [4.69, 9.17) is 10.0 Å². The van der Waals surface area contributed by atoms with Crippen LogP contribution in [0.3, 0.4) is 0 Å². The largest absolute Gasteiger partial charge is 0.491 e. The van der Waals surface area contributed by atoms with Crippen molar-refractivity contribution < 1.29 is 14.4 Å². The van der Waals surface area contributed by atoms with Gasteiger partial charge >= 0.3 is 7.12 Å². The summed E-state index contributed by atoms with van der Waals surface area (Å²) < 4.78 is 13.2. The molecule has 0 amide bonds. The summed E-state index contributed by atoms with van der Waals surface area (Å²) in [6.07, 6.45) is 0. The van der Waals surface area contributed by atoms with Crippen molar-refractivity contribution >= 4 is 24.3 Å². The molecule has 2 N–H and O–H groups in total. The van der Waals surface area contributed by atoms with E-state index in [1.165, 1.54) is 23.9 Å². The minimum Gasteiger partial charge on any atom is -0.423 e. The maximum absolute atomic E-state index is 13.2. The van der Waals surface area contributed by atoms with Crippen LogP contribution in [0.1, 0.15) is 0 Å². The molecule has 2 rings (SSSR count). The molecule has 2 aromatic carbocycles. The molecule has 0 radical (unpaired) electrons. The van der Waals surface area contributed by atoms with Gasteiger partial charge in [0.05, 0.1) is 0 Å². The summed E-state index contributed by atoms with van der Waals surface area (Å²) >= 11 is 1.44. The number of halogens is 1. The Labute approximate surface area is 103 Å². The highest BCUT2D eigenvalue weighted by Gasteiger charge is 2.16. The van der Waals surface area contributed by atoms with Crippen molar-refractivity contribution in [3.63, 3.8) is 0 Å². The first-order valence-corrected chi connectivity index (χ1v) is 5.87. The first-order valence-electron chi connectivity index (χ1n) is 5.05. The van der Waals surface area contributed by atoms with Crippen LogP contribution in [-0.4, -0.2) is 17.2 Å². The topological polar surface area (TPSA) is 40.5 Å². The van der Waals surface area contributed by atoms with Crippen molar-refractivity contribution in [2.45, 2.75) is 9.79 Å². The number of hydrogen-bond donors (Lipinski definition) is 2. The van der Waals surface area contributed by atoms with Crippen molar-refractivity contribution in [3.8, 4) is 0 Å². The molecule has 2 nitrogen and oxygen atoms in total. The van der Waals surface area contributed by atoms with Gasteiger partial charge in [0.1, 0.15) is 5.82 Å². The molecule has 2 aromatic rings. The lowest BCUT2D eigenvalue weighted by Gasteiger charge is -2.05.